The van der Waals surface area contributed by atoms with Gasteiger partial charge >= 0.3 is 0 Å². The Kier molecular flexibility index (Phi) is 5.47. The van der Waals surface area contributed by atoms with Gasteiger partial charge in [0.1, 0.15) is 0 Å². The Morgan fingerprint density at radius 1 is 1.12 bits per heavy atom. The van der Waals surface area contributed by atoms with E-state index in [2.05, 4.69) is 25.9 Å². The van der Waals surface area contributed by atoms with E-state index in [9.17, 15) is 4.79 Å². The quantitative estimate of drug-likeness (QED) is 0.589. The Labute approximate surface area is 162 Å². The largest absolute Gasteiger partial charge is 0.304 e. The van der Waals surface area contributed by atoms with E-state index in [0.29, 0.717) is 11.3 Å². The summed E-state index contributed by atoms with van der Waals surface area (Å²) in [6.07, 6.45) is 3.41. The minimum Gasteiger partial charge on any atom is -0.304 e. The van der Waals surface area contributed by atoms with Gasteiger partial charge in [-0.05, 0) is 57.2 Å². The topological polar surface area (TPSA) is 46.1 Å². The van der Waals surface area contributed by atoms with Crippen molar-refractivity contribution >= 4 is 27.5 Å². The predicted molar refractivity (Wildman–Crippen MR) is 108 cm³/mol. The number of amides is 1. The molecule has 0 bridgehead atoms. The van der Waals surface area contributed by atoms with Crippen LogP contribution < -0.4 is 4.90 Å². The summed E-state index contributed by atoms with van der Waals surface area (Å²) >= 11 is 3.48. The Balaban J connectivity index is 1.97. The van der Waals surface area contributed by atoms with E-state index in [1.807, 2.05) is 69.3 Å². The summed E-state index contributed by atoms with van der Waals surface area (Å²) in [6.45, 7) is 5.85. The molecule has 0 saturated carbocycles. The van der Waals surface area contributed by atoms with E-state index < -0.39 is 0 Å². The lowest BCUT2D eigenvalue weighted by Gasteiger charge is -2.27. The first-order chi connectivity index (χ1) is 12.5. The summed E-state index contributed by atoms with van der Waals surface area (Å²) in [5.41, 5.74) is 3.94. The van der Waals surface area contributed by atoms with Gasteiger partial charge in [0.05, 0.1) is 28.8 Å². The van der Waals surface area contributed by atoms with E-state index in [4.69, 9.17) is 0 Å². The molecule has 5 heteroatoms. The zero-order valence-electron chi connectivity index (χ0n) is 15.0. The molecule has 3 rings (SSSR count). The first-order valence-corrected chi connectivity index (χ1v) is 9.24. The number of carbonyl (C=O) groups excluding carboxylic acids is 1. The smallest absolute Gasteiger partial charge is 0.260 e. The molecule has 0 saturated heterocycles. The highest BCUT2D eigenvalue weighted by Gasteiger charge is 2.23. The van der Waals surface area contributed by atoms with Crippen LogP contribution in [0.25, 0.3) is 11.3 Å². The summed E-state index contributed by atoms with van der Waals surface area (Å²) in [7, 11) is 0. The van der Waals surface area contributed by atoms with Crippen LogP contribution in [-0.4, -0.2) is 21.9 Å². The van der Waals surface area contributed by atoms with Crippen LogP contribution in [0, 0.1) is 6.92 Å². The number of carbonyl (C=O) groups is 1. The summed E-state index contributed by atoms with van der Waals surface area (Å²) < 4.78 is 0.997. The fourth-order valence-electron chi connectivity index (χ4n) is 2.87. The molecule has 0 aliphatic rings. The van der Waals surface area contributed by atoms with Crippen LogP contribution in [0.2, 0.25) is 0 Å². The number of aryl methyl sites for hydroxylation is 1. The molecule has 0 fully saturated rings. The van der Waals surface area contributed by atoms with Crippen molar-refractivity contribution in [3.8, 4) is 11.3 Å². The van der Waals surface area contributed by atoms with Crippen molar-refractivity contribution in [3.05, 3.63) is 76.7 Å². The lowest BCUT2D eigenvalue weighted by molar-refractivity contribution is 0.0979. The van der Waals surface area contributed by atoms with Gasteiger partial charge in [-0.1, -0.05) is 28.1 Å². The molecule has 1 aromatic carbocycles. The number of hydrogen-bond donors (Lipinski definition) is 0. The number of rotatable bonds is 4. The Bertz CT molecular complexity index is 926. The minimum atomic E-state index is -0.0706. The summed E-state index contributed by atoms with van der Waals surface area (Å²) in [5, 5.41) is 0. The first kappa shape index (κ1) is 18.3. The van der Waals surface area contributed by atoms with E-state index in [1.54, 1.807) is 17.3 Å². The lowest BCUT2D eigenvalue weighted by atomic mass is 10.1. The van der Waals surface area contributed by atoms with Crippen molar-refractivity contribution in [2.45, 2.75) is 26.8 Å². The van der Waals surface area contributed by atoms with Crippen molar-refractivity contribution in [2.24, 2.45) is 0 Å². The third-order valence-electron chi connectivity index (χ3n) is 4.10. The second kappa shape index (κ2) is 7.79. The number of benzene rings is 1. The predicted octanol–water partition coefficient (Wildman–Crippen LogP) is 5.27. The van der Waals surface area contributed by atoms with Crippen LogP contribution in [0.1, 0.15) is 29.9 Å². The van der Waals surface area contributed by atoms with E-state index in [-0.39, 0.29) is 11.9 Å². The first-order valence-electron chi connectivity index (χ1n) is 8.44. The molecule has 0 radical (unpaired) electrons. The van der Waals surface area contributed by atoms with Crippen LogP contribution in [0.5, 0.6) is 0 Å². The average Bonchev–Trinajstić information content (AvgIpc) is 2.62. The molecule has 0 atom stereocenters. The molecule has 0 aliphatic carbocycles. The highest BCUT2D eigenvalue weighted by atomic mass is 79.9. The monoisotopic (exact) mass is 409 g/mol. The number of nitrogens with zero attached hydrogens (tertiary/aromatic N) is 3. The van der Waals surface area contributed by atoms with E-state index in [1.165, 1.54) is 0 Å². The molecule has 2 aromatic heterocycles. The Morgan fingerprint density at radius 3 is 2.54 bits per heavy atom. The van der Waals surface area contributed by atoms with Gasteiger partial charge < -0.3 is 4.90 Å². The number of aromatic nitrogens is 2. The highest BCUT2D eigenvalue weighted by molar-refractivity contribution is 9.10. The molecule has 26 heavy (non-hydrogen) atoms. The number of halogens is 1. The van der Waals surface area contributed by atoms with Gasteiger partial charge in [0.2, 0.25) is 0 Å². The SMILES string of the molecule is Cc1nc(-c2cccc(Br)c2)ccc1C(=O)N(c1cccnc1)C(C)C. The van der Waals surface area contributed by atoms with Gasteiger partial charge in [-0.25, -0.2) is 0 Å². The third kappa shape index (κ3) is 3.83. The Morgan fingerprint density at radius 2 is 1.92 bits per heavy atom. The molecule has 0 N–H and O–H groups in total. The number of hydrogen-bond acceptors (Lipinski definition) is 3. The molecule has 1 amide bonds. The van der Waals surface area contributed by atoms with Crippen LogP contribution in [-0.2, 0) is 0 Å². The fourth-order valence-corrected chi connectivity index (χ4v) is 3.27. The third-order valence-corrected chi connectivity index (χ3v) is 4.59. The van der Waals surface area contributed by atoms with Crippen molar-refractivity contribution in [1.82, 2.24) is 9.97 Å². The molecular weight excluding hydrogens is 390 g/mol. The molecular formula is C21H20BrN3O. The van der Waals surface area contributed by atoms with Crippen molar-refractivity contribution in [3.63, 3.8) is 0 Å². The van der Waals surface area contributed by atoms with E-state index >= 15 is 0 Å². The van der Waals surface area contributed by atoms with Crippen LogP contribution in [0.15, 0.2) is 65.4 Å². The Hall–Kier alpha value is -2.53. The van der Waals surface area contributed by atoms with Gasteiger partial charge in [-0.15, -0.1) is 0 Å². The van der Waals surface area contributed by atoms with Crippen molar-refractivity contribution in [2.75, 3.05) is 4.90 Å². The van der Waals surface area contributed by atoms with Crippen molar-refractivity contribution in [1.29, 1.82) is 0 Å². The summed E-state index contributed by atoms with van der Waals surface area (Å²) in [6, 6.07) is 15.4. The van der Waals surface area contributed by atoms with Gasteiger partial charge in [0.25, 0.3) is 5.91 Å². The molecule has 4 nitrogen and oxygen atoms in total. The number of pyridine rings is 2. The van der Waals surface area contributed by atoms with Gasteiger partial charge in [-0.2, -0.15) is 0 Å². The van der Waals surface area contributed by atoms with Crippen LogP contribution in [0.3, 0.4) is 0 Å². The molecule has 3 aromatic rings. The maximum Gasteiger partial charge on any atom is 0.260 e. The molecule has 2 heterocycles. The maximum atomic E-state index is 13.2. The molecule has 0 aliphatic heterocycles. The fraction of sp³-hybridized carbons (Fsp3) is 0.190. The zero-order valence-corrected chi connectivity index (χ0v) is 16.6. The molecule has 0 spiro atoms. The normalized spacial score (nSPS) is 10.8. The van der Waals surface area contributed by atoms with E-state index in [0.717, 1.165) is 21.4 Å². The lowest BCUT2D eigenvalue weighted by Crippen LogP contribution is -2.37. The maximum absolute atomic E-state index is 13.2. The standard InChI is InChI=1S/C21H20BrN3O/c1-14(2)25(18-8-5-11-23-13-18)21(26)19-9-10-20(24-15(19)3)16-6-4-7-17(22)12-16/h4-14H,1-3H3. The van der Waals surface area contributed by atoms with Crippen molar-refractivity contribution < 1.29 is 4.79 Å². The van der Waals surface area contributed by atoms with Crippen LogP contribution >= 0.6 is 15.9 Å². The van der Waals surface area contributed by atoms with Gasteiger partial charge in [0, 0.05) is 22.3 Å². The average molecular weight is 410 g/mol. The summed E-state index contributed by atoms with van der Waals surface area (Å²) in [5.74, 6) is -0.0706. The second-order valence-corrected chi connectivity index (χ2v) is 7.24. The van der Waals surface area contributed by atoms with Gasteiger partial charge in [0.15, 0.2) is 0 Å². The molecule has 0 unspecified atom stereocenters. The number of anilines is 1. The minimum absolute atomic E-state index is 0.0101. The second-order valence-electron chi connectivity index (χ2n) is 6.32. The van der Waals surface area contributed by atoms with Crippen LogP contribution in [0.4, 0.5) is 5.69 Å². The van der Waals surface area contributed by atoms with Gasteiger partial charge in [-0.3, -0.25) is 14.8 Å². The summed E-state index contributed by atoms with van der Waals surface area (Å²) in [4.78, 5) is 23.7. The highest BCUT2D eigenvalue weighted by Crippen LogP contribution is 2.24. The molecule has 132 valence electrons. The zero-order chi connectivity index (χ0) is 18.7.